The molecule has 2 aromatic carbocycles. The van der Waals surface area contributed by atoms with Crippen LogP contribution in [0.1, 0.15) is 11.1 Å². The molecule has 0 aliphatic carbocycles. The first-order valence-electron chi connectivity index (χ1n) is 4.67. The summed E-state index contributed by atoms with van der Waals surface area (Å²) < 4.78 is 1.41. The van der Waals surface area contributed by atoms with Crippen LogP contribution in [0.2, 0.25) is 5.02 Å². The SMILES string of the molecule is Clc1ccc([C](=[Hf+2])c2ccccc2)cc1. The van der Waals surface area contributed by atoms with Crippen molar-refractivity contribution in [1.82, 2.24) is 0 Å². The van der Waals surface area contributed by atoms with Crippen molar-refractivity contribution in [3.63, 3.8) is 0 Å². The fourth-order valence-electron chi connectivity index (χ4n) is 1.39. The van der Waals surface area contributed by atoms with Crippen LogP contribution < -0.4 is 0 Å². The fraction of sp³-hybridized carbons (Fsp3) is 0. The molecule has 0 N–H and O–H groups in total. The third-order valence-corrected chi connectivity index (χ3v) is 4.52. The number of hydrogen-bond acceptors (Lipinski definition) is 0. The summed E-state index contributed by atoms with van der Waals surface area (Å²) in [5.41, 5.74) is 2.59. The topological polar surface area (TPSA) is 0 Å². The summed E-state index contributed by atoms with van der Waals surface area (Å²) in [6.45, 7) is 0. The molecule has 2 heteroatoms. The summed E-state index contributed by atoms with van der Waals surface area (Å²) in [6.07, 6.45) is 0. The van der Waals surface area contributed by atoms with Crippen molar-refractivity contribution in [3.05, 3.63) is 70.7 Å². The van der Waals surface area contributed by atoms with Crippen LogP contribution >= 0.6 is 11.6 Å². The fourth-order valence-corrected chi connectivity index (χ4v) is 2.71. The van der Waals surface area contributed by atoms with E-state index >= 15 is 0 Å². The predicted octanol–water partition coefficient (Wildman–Crippen LogP) is 3.46. The summed E-state index contributed by atoms with van der Waals surface area (Å²) in [5, 5.41) is 0.793. The van der Waals surface area contributed by atoms with Crippen LogP contribution in [0, 0.1) is 0 Å². The molecule has 0 bridgehead atoms. The molecule has 70 valence electrons. The van der Waals surface area contributed by atoms with Gasteiger partial charge in [-0.1, -0.05) is 0 Å². The first kappa shape index (κ1) is 11.0. The second-order valence-corrected chi connectivity index (χ2v) is 5.48. The Bertz CT molecular complexity index is 460. The molecule has 0 spiro atoms. The van der Waals surface area contributed by atoms with Gasteiger partial charge in [0, 0.05) is 0 Å². The van der Waals surface area contributed by atoms with Crippen LogP contribution in [0.25, 0.3) is 0 Å². The van der Waals surface area contributed by atoms with E-state index in [0.29, 0.717) is 0 Å². The van der Waals surface area contributed by atoms with Gasteiger partial charge in [-0.2, -0.15) is 0 Å². The quantitative estimate of drug-likeness (QED) is 0.702. The standard InChI is InChI=1S/C13H9Cl.Hf/c14-13-8-6-12(7-9-13)10-11-4-2-1-3-5-11;/h1-9H;/q;+2. The second-order valence-electron chi connectivity index (χ2n) is 3.25. The molecule has 0 saturated carbocycles. The molecule has 2 rings (SSSR count). The van der Waals surface area contributed by atoms with E-state index in [9.17, 15) is 0 Å². The van der Waals surface area contributed by atoms with E-state index in [2.05, 4.69) is 36.4 Å². The molecule has 0 unspecified atom stereocenters. The van der Waals surface area contributed by atoms with Crippen LogP contribution in [0.4, 0.5) is 0 Å². The van der Waals surface area contributed by atoms with Gasteiger partial charge in [0.2, 0.25) is 0 Å². The van der Waals surface area contributed by atoms with Crippen molar-refractivity contribution in [2.45, 2.75) is 0 Å². The van der Waals surface area contributed by atoms with Gasteiger partial charge in [0.25, 0.3) is 0 Å². The third-order valence-electron chi connectivity index (χ3n) is 2.20. The van der Waals surface area contributed by atoms with Crippen LogP contribution in [-0.4, -0.2) is 3.26 Å². The van der Waals surface area contributed by atoms with Gasteiger partial charge in [-0.15, -0.1) is 0 Å². The summed E-state index contributed by atoms with van der Waals surface area (Å²) in [7, 11) is 0. The molecule has 0 saturated heterocycles. The molecule has 15 heavy (non-hydrogen) atoms. The van der Waals surface area contributed by atoms with Gasteiger partial charge in [-0.05, 0) is 0 Å². The van der Waals surface area contributed by atoms with Crippen LogP contribution in [0.15, 0.2) is 54.6 Å². The van der Waals surface area contributed by atoms with Crippen LogP contribution in [0.5, 0.6) is 0 Å². The minimum atomic E-state index is 0.793. The number of hydrogen-bond donors (Lipinski definition) is 0. The zero-order chi connectivity index (χ0) is 10.7. The van der Waals surface area contributed by atoms with E-state index in [4.69, 9.17) is 11.6 Å². The van der Waals surface area contributed by atoms with Crippen LogP contribution in [0.3, 0.4) is 0 Å². The Morgan fingerprint density at radius 2 is 1.33 bits per heavy atom. The predicted molar refractivity (Wildman–Crippen MR) is 61.1 cm³/mol. The molecule has 0 heterocycles. The van der Waals surface area contributed by atoms with Crippen molar-refractivity contribution in [3.8, 4) is 0 Å². The number of halogens is 1. The molecule has 0 radical (unpaired) electrons. The van der Waals surface area contributed by atoms with Crippen LogP contribution in [-0.2, 0) is 23.9 Å². The van der Waals surface area contributed by atoms with E-state index in [0.717, 1.165) is 28.9 Å². The first-order chi connectivity index (χ1) is 7.27. The van der Waals surface area contributed by atoms with E-state index in [1.807, 2.05) is 18.2 Å². The monoisotopic (exact) mass is 380 g/mol. The second kappa shape index (κ2) is 5.00. The average molecular weight is 379 g/mol. The Morgan fingerprint density at radius 1 is 0.800 bits per heavy atom. The van der Waals surface area contributed by atoms with Gasteiger partial charge >= 0.3 is 109 Å². The molecular weight excluding hydrogens is 370 g/mol. The minimum absolute atomic E-state index is 0.793. The average Bonchev–Trinajstić information content (AvgIpc) is 2.30. The zero-order valence-corrected chi connectivity index (χ0v) is 12.4. The molecule has 0 aliphatic rings. The Morgan fingerprint density at radius 3 is 1.93 bits per heavy atom. The molecule has 0 fully saturated rings. The number of rotatable bonds is 2. The Kier molecular flexibility index (Phi) is 3.66. The summed E-state index contributed by atoms with van der Waals surface area (Å²) in [4.78, 5) is 0. The molecular formula is C13H9ClHf+2. The van der Waals surface area contributed by atoms with E-state index in [1.165, 1.54) is 14.4 Å². The summed E-state index contributed by atoms with van der Waals surface area (Å²) >= 11 is 6.90. The van der Waals surface area contributed by atoms with Crippen molar-refractivity contribution in [2.24, 2.45) is 0 Å². The molecule has 0 atom stereocenters. The molecule has 0 nitrogen and oxygen atoms in total. The normalized spacial score (nSPS) is 10.1. The van der Waals surface area contributed by atoms with Gasteiger partial charge < -0.3 is 0 Å². The van der Waals surface area contributed by atoms with Gasteiger partial charge in [0.15, 0.2) is 0 Å². The van der Waals surface area contributed by atoms with E-state index in [-0.39, 0.29) is 0 Å². The molecule has 0 aromatic heterocycles. The maximum atomic E-state index is 5.86. The summed E-state index contributed by atoms with van der Waals surface area (Å²) in [6, 6.07) is 18.5. The molecule has 0 aliphatic heterocycles. The van der Waals surface area contributed by atoms with Gasteiger partial charge in [-0.25, -0.2) is 0 Å². The van der Waals surface area contributed by atoms with Crippen molar-refractivity contribution in [2.75, 3.05) is 0 Å². The zero-order valence-electron chi connectivity index (χ0n) is 8.07. The van der Waals surface area contributed by atoms with E-state index < -0.39 is 0 Å². The van der Waals surface area contributed by atoms with Gasteiger partial charge in [0.1, 0.15) is 0 Å². The third kappa shape index (κ3) is 2.73. The maximum absolute atomic E-state index is 5.86. The van der Waals surface area contributed by atoms with Gasteiger partial charge in [0.05, 0.1) is 0 Å². The van der Waals surface area contributed by atoms with Gasteiger partial charge in [-0.3, -0.25) is 0 Å². The van der Waals surface area contributed by atoms with Crippen molar-refractivity contribution in [1.29, 1.82) is 0 Å². The Labute approximate surface area is 109 Å². The number of benzene rings is 2. The first-order valence-corrected chi connectivity index (χ1v) is 6.85. The van der Waals surface area contributed by atoms with E-state index in [1.54, 1.807) is 0 Å². The molecule has 2 aromatic rings. The van der Waals surface area contributed by atoms with Crippen molar-refractivity contribution < 1.29 is 23.9 Å². The summed E-state index contributed by atoms with van der Waals surface area (Å²) in [5.74, 6) is 0. The Balaban J connectivity index is 2.33. The molecule has 0 amide bonds. The van der Waals surface area contributed by atoms with Crippen molar-refractivity contribution >= 4 is 14.9 Å². The Hall–Kier alpha value is -0.530.